The zero-order valence-corrected chi connectivity index (χ0v) is 16.2. The Kier molecular flexibility index (Phi) is 5.48. The van der Waals surface area contributed by atoms with Gasteiger partial charge in [-0.05, 0) is 45.7 Å². The minimum absolute atomic E-state index is 0.0977. The molecule has 27 heavy (non-hydrogen) atoms. The van der Waals surface area contributed by atoms with E-state index in [-0.39, 0.29) is 24.8 Å². The minimum atomic E-state index is -0.672. The first-order chi connectivity index (χ1) is 13.0. The zero-order chi connectivity index (χ0) is 19.6. The van der Waals surface area contributed by atoms with Crippen LogP contribution in [0.5, 0.6) is 0 Å². The van der Waals surface area contributed by atoms with Gasteiger partial charge in [0, 0.05) is 30.5 Å². The molecule has 1 aliphatic heterocycles. The molecule has 144 valence electrons. The fourth-order valence-electron chi connectivity index (χ4n) is 3.41. The Hall–Kier alpha value is -2.83. The van der Waals surface area contributed by atoms with Gasteiger partial charge in [0.1, 0.15) is 0 Å². The number of fused-ring (bicyclic) bond motifs is 3. The summed E-state index contributed by atoms with van der Waals surface area (Å²) in [5, 5.41) is 0. The van der Waals surface area contributed by atoms with Crippen LogP contribution >= 0.6 is 0 Å². The molecule has 1 aliphatic rings. The highest BCUT2D eigenvalue weighted by Gasteiger charge is 2.28. The molecule has 0 fully saturated rings. The van der Waals surface area contributed by atoms with Gasteiger partial charge in [0.15, 0.2) is 5.57 Å². The smallest absolute Gasteiger partial charge is 0.347 e. The quantitative estimate of drug-likeness (QED) is 0.348. The van der Waals surface area contributed by atoms with Crippen molar-refractivity contribution in [2.24, 2.45) is 7.05 Å². The molecular weight excluding hydrogens is 346 g/mol. The van der Waals surface area contributed by atoms with Crippen LogP contribution in [-0.4, -0.2) is 40.7 Å². The number of aromatic nitrogens is 2. The van der Waals surface area contributed by atoms with Crippen molar-refractivity contribution in [3.63, 3.8) is 0 Å². The summed E-state index contributed by atoms with van der Waals surface area (Å²) in [4.78, 5) is 31.2. The number of benzene rings is 1. The molecule has 1 aromatic carbocycles. The van der Waals surface area contributed by atoms with Gasteiger partial charge in [-0.3, -0.25) is 0 Å². The van der Waals surface area contributed by atoms with Gasteiger partial charge < -0.3 is 18.9 Å². The molecular formula is C20H25N3O4. The second kappa shape index (κ2) is 7.82. The molecule has 0 amide bonds. The fraction of sp³-hybridized carbons (Fsp3) is 0.450. The molecule has 1 atom stereocenters. The van der Waals surface area contributed by atoms with E-state index < -0.39 is 11.9 Å². The second-order valence-electron chi connectivity index (χ2n) is 6.57. The normalized spacial score (nSPS) is 16.0. The van der Waals surface area contributed by atoms with Crippen LogP contribution in [0, 0.1) is 0 Å². The topological polar surface area (TPSA) is 73.7 Å². The lowest BCUT2D eigenvalue weighted by Gasteiger charge is -2.35. The number of nitrogens with zero attached hydrogens (tertiary/aromatic N) is 3. The number of carbonyl (C=O) groups excluding carboxylic acids is 2. The van der Waals surface area contributed by atoms with Crippen molar-refractivity contribution in [1.82, 2.24) is 9.55 Å². The summed E-state index contributed by atoms with van der Waals surface area (Å²) in [5.74, 6) is -1.34. The highest BCUT2D eigenvalue weighted by atomic mass is 16.6. The lowest BCUT2D eigenvalue weighted by molar-refractivity contribution is -0.146. The molecule has 0 radical (unpaired) electrons. The largest absolute Gasteiger partial charge is 0.462 e. The van der Waals surface area contributed by atoms with Crippen molar-refractivity contribution in [2.45, 2.75) is 39.7 Å². The molecule has 0 saturated heterocycles. The van der Waals surface area contributed by atoms with Crippen LogP contribution in [0.1, 0.15) is 32.8 Å². The Morgan fingerprint density at radius 3 is 2.52 bits per heavy atom. The minimum Gasteiger partial charge on any atom is -0.462 e. The summed E-state index contributed by atoms with van der Waals surface area (Å²) in [6.45, 7) is 5.86. The van der Waals surface area contributed by atoms with Crippen LogP contribution in [0.15, 0.2) is 30.2 Å². The van der Waals surface area contributed by atoms with E-state index in [1.807, 2.05) is 28.6 Å². The first-order valence-corrected chi connectivity index (χ1v) is 9.25. The Bertz CT molecular complexity index is 880. The maximum absolute atomic E-state index is 12.3. The average molecular weight is 371 g/mol. The molecule has 0 saturated carbocycles. The van der Waals surface area contributed by atoms with Gasteiger partial charge in [-0.1, -0.05) is 0 Å². The lowest BCUT2D eigenvalue weighted by atomic mass is 9.95. The molecule has 1 aromatic heterocycles. The predicted molar refractivity (Wildman–Crippen MR) is 102 cm³/mol. The van der Waals surface area contributed by atoms with Crippen molar-refractivity contribution in [3.05, 3.63) is 35.8 Å². The molecule has 0 spiro atoms. The lowest BCUT2D eigenvalue weighted by Crippen LogP contribution is -2.35. The van der Waals surface area contributed by atoms with E-state index in [1.54, 1.807) is 26.4 Å². The van der Waals surface area contributed by atoms with Crippen LogP contribution in [0.2, 0.25) is 0 Å². The fourth-order valence-corrected chi connectivity index (χ4v) is 3.41. The van der Waals surface area contributed by atoms with Gasteiger partial charge in [0.2, 0.25) is 0 Å². The summed E-state index contributed by atoms with van der Waals surface area (Å²) in [6, 6.07) is 4.14. The number of ether oxygens (including phenoxy) is 2. The number of imidazole rings is 1. The van der Waals surface area contributed by atoms with E-state index in [1.165, 1.54) is 0 Å². The molecule has 0 aliphatic carbocycles. The molecule has 3 rings (SSSR count). The van der Waals surface area contributed by atoms with Crippen molar-refractivity contribution in [1.29, 1.82) is 0 Å². The molecule has 1 unspecified atom stereocenters. The van der Waals surface area contributed by atoms with Gasteiger partial charge in [-0.2, -0.15) is 0 Å². The highest BCUT2D eigenvalue weighted by molar-refractivity contribution is 6.14. The second-order valence-corrected chi connectivity index (χ2v) is 6.57. The van der Waals surface area contributed by atoms with E-state index in [4.69, 9.17) is 9.47 Å². The van der Waals surface area contributed by atoms with Gasteiger partial charge in [-0.25, -0.2) is 14.6 Å². The Balaban J connectivity index is 2.09. The van der Waals surface area contributed by atoms with Gasteiger partial charge in [-0.15, -0.1) is 0 Å². The van der Waals surface area contributed by atoms with Crippen molar-refractivity contribution >= 4 is 28.7 Å². The number of aryl methyl sites for hydroxylation is 2. The van der Waals surface area contributed by atoms with Crippen LogP contribution < -0.4 is 4.90 Å². The number of hydrogen-bond donors (Lipinski definition) is 0. The van der Waals surface area contributed by atoms with E-state index in [9.17, 15) is 9.59 Å². The van der Waals surface area contributed by atoms with Crippen LogP contribution in [0.25, 0.3) is 11.0 Å². The van der Waals surface area contributed by atoms with Crippen LogP contribution in [0.3, 0.4) is 0 Å². The maximum atomic E-state index is 12.3. The zero-order valence-electron chi connectivity index (χ0n) is 16.2. The average Bonchev–Trinajstić information content (AvgIpc) is 3.02. The molecule has 2 aromatic rings. The Labute approximate surface area is 158 Å². The molecule has 0 bridgehead atoms. The van der Waals surface area contributed by atoms with Crippen molar-refractivity contribution in [3.8, 4) is 0 Å². The van der Waals surface area contributed by atoms with E-state index >= 15 is 0 Å². The number of carbonyl (C=O) groups is 2. The van der Waals surface area contributed by atoms with E-state index in [0.717, 1.165) is 35.1 Å². The van der Waals surface area contributed by atoms with Gasteiger partial charge in [0.25, 0.3) is 0 Å². The first-order valence-electron chi connectivity index (χ1n) is 9.25. The molecule has 2 heterocycles. The summed E-state index contributed by atoms with van der Waals surface area (Å²) in [5.41, 5.74) is 3.98. The maximum Gasteiger partial charge on any atom is 0.347 e. The standard InChI is InChI=1S/C20H25N3O4/c1-5-26-19(24)15(20(25)27-6-2)11-23-13(3)7-8-14-16(23)9-10-17-18(14)21-12-22(17)4/h9-13H,5-8H2,1-4H3. The number of anilines is 1. The van der Waals surface area contributed by atoms with Crippen molar-refractivity contribution < 1.29 is 19.1 Å². The number of hydrogen-bond acceptors (Lipinski definition) is 6. The number of rotatable bonds is 5. The van der Waals surface area contributed by atoms with E-state index in [2.05, 4.69) is 11.9 Å². The predicted octanol–water partition coefficient (Wildman–Crippen LogP) is 2.72. The third-order valence-electron chi connectivity index (χ3n) is 4.80. The highest BCUT2D eigenvalue weighted by Crippen LogP contribution is 2.36. The third kappa shape index (κ3) is 3.54. The monoisotopic (exact) mass is 371 g/mol. The van der Waals surface area contributed by atoms with Crippen LogP contribution in [-0.2, 0) is 32.5 Å². The summed E-state index contributed by atoms with van der Waals surface area (Å²) < 4.78 is 12.1. The van der Waals surface area contributed by atoms with Gasteiger partial charge >= 0.3 is 11.9 Å². The summed E-state index contributed by atoms with van der Waals surface area (Å²) in [6.07, 6.45) is 5.14. The number of esters is 2. The Morgan fingerprint density at radius 1 is 1.22 bits per heavy atom. The third-order valence-corrected chi connectivity index (χ3v) is 4.80. The van der Waals surface area contributed by atoms with Gasteiger partial charge in [0.05, 0.1) is 30.6 Å². The first kappa shape index (κ1) is 18.9. The molecule has 7 heteroatoms. The van der Waals surface area contributed by atoms with E-state index in [0.29, 0.717) is 0 Å². The molecule has 0 N–H and O–H groups in total. The van der Waals surface area contributed by atoms with Crippen LogP contribution in [0.4, 0.5) is 5.69 Å². The molecule has 7 nitrogen and oxygen atoms in total. The Morgan fingerprint density at radius 2 is 1.89 bits per heavy atom. The summed E-state index contributed by atoms with van der Waals surface area (Å²) in [7, 11) is 1.96. The SMILES string of the molecule is CCOC(=O)C(=CN1c2ccc3c(ncn3C)c2CCC1C)C(=O)OCC. The van der Waals surface area contributed by atoms with Crippen molar-refractivity contribution in [2.75, 3.05) is 18.1 Å². The summed E-state index contributed by atoms with van der Waals surface area (Å²) >= 11 is 0.